The highest BCUT2D eigenvalue weighted by Gasteiger charge is 2.17. The SMILES string of the molecule is CN(C/C=C(\I)c1ccc(Br)cc1)CC(=O)OC(C)(C)C. The maximum atomic E-state index is 11.7. The third kappa shape index (κ3) is 7.97. The molecule has 0 atom stereocenters. The molecule has 0 radical (unpaired) electrons. The van der Waals surface area contributed by atoms with Crippen molar-refractivity contribution >= 4 is 48.1 Å². The lowest BCUT2D eigenvalue weighted by molar-refractivity contribution is -0.155. The molecule has 0 aliphatic heterocycles. The monoisotopic (exact) mass is 465 g/mol. The average Bonchev–Trinajstić information content (AvgIpc) is 2.34. The van der Waals surface area contributed by atoms with E-state index in [4.69, 9.17) is 4.74 Å². The van der Waals surface area contributed by atoms with E-state index in [2.05, 4.69) is 56.7 Å². The fourth-order valence-corrected chi connectivity index (χ4v) is 2.44. The van der Waals surface area contributed by atoms with Gasteiger partial charge in [0.15, 0.2) is 0 Å². The summed E-state index contributed by atoms with van der Waals surface area (Å²) < 4.78 is 7.53. The smallest absolute Gasteiger partial charge is 0.320 e. The Bertz CT molecular complexity index is 506. The van der Waals surface area contributed by atoms with Crippen LogP contribution < -0.4 is 0 Å². The van der Waals surface area contributed by atoms with E-state index in [1.54, 1.807) is 0 Å². The van der Waals surface area contributed by atoms with Crippen LogP contribution in [-0.4, -0.2) is 36.6 Å². The van der Waals surface area contributed by atoms with Gasteiger partial charge in [0.05, 0.1) is 6.54 Å². The number of carbonyl (C=O) groups is 1. The number of benzene rings is 1. The second-order valence-electron chi connectivity index (χ2n) is 5.84. The summed E-state index contributed by atoms with van der Waals surface area (Å²) in [5.41, 5.74) is 0.740. The molecule has 0 aromatic heterocycles. The van der Waals surface area contributed by atoms with Gasteiger partial charge in [0, 0.05) is 14.6 Å². The van der Waals surface area contributed by atoms with Gasteiger partial charge < -0.3 is 4.74 Å². The van der Waals surface area contributed by atoms with E-state index in [-0.39, 0.29) is 12.5 Å². The number of hydrogen-bond acceptors (Lipinski definition) is 3. The van der Waals surface area contributed by atoms with Crippen LogP contribution in [0.2, 0.25) is 0 Å². The molecular formula is C16H21BrINO2. The van der Waals surface area contributed by atoms with Crippen LogP contribution in [0.5, 0.6) is 0 Å². The lowest BCUT2D eigenvalue weighted by Crippen LogP contribution is -2.32. The van der Waals surface area contributed by atoms with Gasteiger partial charge in [-0.1, -0.05) is 34.1 Å². The molecule has 116 valence electrons. The van der Waals surface area contributed by atoms with Gasteiger partial charge in [-0.2, -0.15) is 0 Å². The van der Waals surface area contributed by atoms with Crippen molar-refractivity contribution in [3.05, 3.63) is 40.4 Å². The zero-order chi connectivity index (χ0) is 16.0. The first-order valence-electron chi connectivity index (χ1n) is 6.69. The molecule has 0 spiro atoms. The number of hydrogen-bond donors (Lipinski definition) is 0. The molecule has 0 aliphatic rings. The Morgan fingerprint density at radius 3 is 2.43 bits per heavy atom. The number of ether oxygens (including phenoxy) is 1. The van der Waals surface area contributed by atoms with E-state index < -0.39 is 5.60 Å². The number of carbonyl (C=O) groups excluding carboxylic acids is 1. The van der Waals surface area contributed by atoms with Crippen molar-refractivity contribution < 1.29 is 9.53 Å². The molecule has 1 aromatic carbocycles. The molecule has 5 heteroatoms. The lowest BCUT2D eigenvalue weighted by Gasteiger charge is -2.22. The number of esters is 1. The van der Waals surface area contributed by atoms with E-state index in [0.29, 0.717) is 6.54 Å². The number of nitrogens with zero attached hydrogens (tertiary/aromatic N) is 1. The van der Waals surface area contributed by atoms with Crippen molar-refractivity contribution in [2.75, 3.05) is 20.1 Å². The maximum Gasteiger partial charge on any atom is 0.320 e. The normalized spacial score (nSPS) is 12.6. The molecule has 0 amide bonds. The Labute approximate surface area is 149 Å². The average molecular weight is 466 g/mol. The fourth-order valence-electron chi connectivity index (χ4n) is 1.62. The third-order valence-corrected chi connectivity index (χ3v) is 4.11. The van der Waals surface area contributed by atoms with E-state index >= 15 is 0 Å². The Balaban J connectivity index is 2.51. The van der Waals surface area contributed by atoms with Gasteiger partial charge in [-0.25, -0.2) is 0 Å². The van der Waals surface area contributed by atoms with E-state index in [1.807, 2.05) is 44.9 Å². The van der Waals surface area contributed by atoms with Gasteiger partial charge in [-0.3, -0.25) is 9.69 Å². The Morgan fingerprint density at radius 1 is 1.33 bits per heavy atom. The molecule has 1 rings (SSSR count). The van der Waals surface area contributed by atoms with Crippen molar-refractivity contribution in [2.24, 2.45) is 0 Å². The van der Waals surface area contributed by atoms with Crippen LogP contribution in [0.3, 0.4) is 0 Å². The third-order valence-electron chi connectivity index (χ3n) is 2.52. The molecule has 1 aromatic rings. The maximum absolute atomic E-state index is 11.7. The minimum atomic E-state index is -0.431. The van der Waals surface area contributed by atoms with Crippen LogP contribution in [0.4, 0.5) is 0 Å². The number of likely N-dealkylation sites (N-methyl/N-ethyl adjacent to an activating group) is 1. The largest absolute Gasteiger partial charge is 0.459 e. The quantitative estimate of drug-likeness (QED) is 0.473. The second-order valence-corrected chi connectivity index (χ2v) is 7.92. The van der Waals surface area contributed by atoms with E-state index in [9.17, 15) is 4.79 Å². The molecule has 0 saturated heterocycles. The molecule has 21 heavy (non-hydrogen) atoms. The first-order chi connectivity index (χ1) is 9.67. The number of halogens is 2. The fraction of sp³-hybridized carbons (Fsp3) is 0.438. The van der Waals surface area contributed by atoms with Crippen molar-refractivity contribution in [3.63, 3.8) is 0 Å². The van der Waals surface area contributed by atoms with Crippen LogP contribution in [0.1, 0.15) is 26.3 Å². The predicted octanol–water partition coefficient (Wildman–Crippen LogP) is 4.50. The van der Waals surface area contributed by atoms with Crippen molar-refractivity contribution in [1.29, 1.82) is 0 Å². The summed E-state index contributed by atoms with van der Waals surface area (Å²) in [7, 11) is 1.91. The molecule has 0 N–H and O–H groups in total. The molecular weight excluding hydrogens is 445 g/mol. The molecule has 0 aliphatic carbocycles. The van der Waals surface area contributed by atoms with Crippen molar-refractivity contribution in [2.45, 2.75) is 26.4 Å². The summed E-state index contributed by atoms with van der Waals surface area (Å²) in [5, 5.41) is 0. The first-order valence-corrected chi connectivity index (χ1v) is 8.56. The molecule has 0 fully saturated rings. The van der Waals surface area contributed by atoms with Crippen molar-refractivity contribution in [1.82, 2.24) is 4.90 Å². The summed E-state index contributed by atoms with van der Waals surface area (Å²) >= 11 is 5.74. The highest BCUT2D eigenvalue weighted by atomic mass is 127. The molecule has 3 nitrogen and oxygen atoms in total. The second kappa shape index (κ2) is 8.29. The van der Waals surface area contributed by atoms with Crippen LogP contribution in [0.25, 0.3) is 3.58 Å². The summed E-state index contributed by atoms with van der Waals surface area (Å²) in [6.07, 6.45) is 2.11. The topological polar surface area (TPSA) is 29.5 Å². The van der Waals surface area contributed by atoms with Crippen molar-refractivity contribution in [3.8, 4) is 0 Å². The van der Waals surface area contributed by atoms with Gasteiger partial charge in [0.1, 0.15) is 5.60 Å². The zero-order valence-electron chi connectivity index (χ0n) is 12.8. The predicted molar refractivity (Wildman–Crippen MR) is 99.5 cm³/mol. The summed E-state index contributed by atoms with van der Waals surface area (Å²) in [6, 6.07) is 8.17. The summed E-state index contributed by atoms with van der Waals surface area (Å²) in [4.78, 5) is 13.7. The highest BCUT2D eigenvalue weighted by molar-refractivity contribution is 14.1. The summed E-state index contributed by atoms with van der Waals surface area (Å²) in [6.45, 7) is 6.62. The van der Waals surface area contributed by atoms with Crippen LogP contribution in [-0.2, 0) is 9.53 Å². The summed E-state index contributed by atoms with van der Waals surface area (Å²) in [5.74, 6) is -0.197. The van der Waals surface area contributed by atoms with Gasteiger partial charge in [-0.15, -0.1) is 0 Å². The highest BCUT2D eigenvalue weighted by Crippen LogP contribution is 2.23. The molecule has 0 heterocycles. The van der Waals surface area contributed by atoms with Gasteiger partial charge in [0.2, 0.25) is 0 Å². The van der Waals surface area contributed by atoms with Crippen LogP contribution >= 0.6 is 38.5 Å². The van der Waals surface area contributed by atoms with E-state index in [0.717, 1.165) is 8.05 Å². The number of rotatable bonds is 5. The molecule has 0 saturated carbocycles. The standard InChI is InChI=1S/C16H21BrINO2/c1-16(2,3)21-15(20)11-19(4)10-9-14(18)12-5-7-13(17)8-6-12/h5-9H,10-11H2,1-4H3/b14-9-. The molecule has 0 bridgehead atoms. The van der Waals surface area contributed by atoms with E-state index in [1.165, 1.54) is 5.56 Å². The lowest BCUT2D eigenvalue weighted by atomic mass is 10.2. The Hall–Kier alpha value is -0.400. The van der Waals surface area contributed by atoms with Gasteiger partial charge >= 0.3 is 5.97 Å². The minimum Gasteiger partial charge on any atom is -0.459 e. The van der Waals surface area contributed by atoms with Gasteiger partial charge in [-0.05, 0) is 68.1 Å². The molecule has 0 unspecified atom stereocenters. The van der Waals surface area contributed by atoms with Crippen LogP contribution in [0, 0.1) is 0 Å². The minimum absolute atomic E-state index is 0.197. The zero-order valence-corrected chi connectivity index (χ0v) is 16.6. The van der Waals surface area contributed by atoms with Gasteiger partial charge in [0.25, 0.3) is 0 Å². The van der Waals surface area contributed by atoms with Crippen LogP contribution in [0.15, 0.2) is 34.8 Å². The first kappa shape index (κ1) is 18.6. The Kier molecular flexibility index (Phi) is 7.36. The Morgan fingerprint density at radius 2 is 1.90 bits per heavy atom.